The van der Waals surface area contributed by atoms with Gasteiger partial charge in [0.15, 0.2) is 18.9 Å². The lowest BCUT2D eigenvalue weighted by molar-refractivity contribution is -0.355. The number of fused-ring (bicyclic) bond motifs is 5. The quantitative estimate of drug-likeness (QED) is 0.0943. The third-order valence-corrected chi connectivity index (χ3v) is 16.7. The van der Waals surface area contributed by atoms with Gasteiger partial charge in [-0.15, -0.1) is 0 Å². The summed E-state index contributed by atoms with van der Waals surface area (Å²) in [6.07, 6.45) is -10.8. The number of aliphatic hydroxyl groups is 8. The molecule has 8 aliphatic rings. The van der Waals surface area contributed by atoms with E-state index in [1.54, 1.807) is 6.92 Å². The van der Waals surface area contributed by atoms with Crippen LogP contribution in [0.25, 0.3) is 0 Å². The molecule has 4 heterocycles. The zero-order valence-electron chi connectivity index (χ0n) is 36.7. The molecule has 0 aromatic rings. The van der Waals surface area contributed by atoms with Crippen molar-refractivity contribution in [1.29, 1.82) is 0 Å². The number of rotatable bonds is 11. The van der Waals surface area contributed by atoms with E-state index in [-0.39, 0.29) is 42.3 Å². The highest BCUT2D eigenvalue weighted by Gasteiger charge is 2.71. The second-order valence-corrected chi connectivity index (χ2v) is 20.0. The van der Waals surface area contributed by atoms with Gasteiger partial charge in [0.25, 0.3) is 0 Å². The van der Waals surface area contributed by atoms with Crippen molar-refractivity contribution < 1.29 is 93.1 Å². The van der Waals surface area contributed by atoms with Gasteiger partial charge >= 0.3 is 11.9 Å². The predicted molar refractivity (Wildman–Crippen MR) is 213 cm³/mol. The number of hydrogen-bond acceptors (Lipinski definition) is 19. The molecule has 4 aliphatic heterocycles. The topological polar surface area (TPSA) is 279 Å². The monoisotopic (exact) mass is 900 g/mol. The molecule has 8 rings (SSSR count). The fourth-order valence-corrected chi connectivity index (χ4v) is 13.3. The van der Waals surface area contributed by atoms with Gasteiger partial charge in [-0.2, -0.15) is 0 Å². The number of methoxy groups -OCH3 is 1. The second kappa shape index (κ2) is 18.3. The van der Waals surface area contributed by atoms with E-state index in [4.69, 9.17) is 42.6 Å². The van der Waals surface area contributed by atoms with Gasteiger partial charge in [-0.25, -0.2) is 4.79 Å². The highest BCUT2D eigenvalue weighted by molar-refractivity contribution is 5.85. The van der Waals surface area contributed by atoms with Crippen LogP contribution in [0.1, 0.15) is 85.5 Å². The summed E-state index contributed by atoms with van der Waals surface area (Å²) in [6.45, 7) is 6.62. The predicted octanol–water partition coefficient (Wildman–Crippen LogP) is -0.671. The van der Waals surface area contributed by atoms with Crippen molar-refractivity contribution in [3.8, 4) is 0 Å². The molecule has 0 aromatic carbocycles. The normalized spacial score (nSPS) is 52.3. The molecule has 4 saturated carbocycles. The summed E-state index contributed by atoms with van der Waals surface area (Å²) in [7, 11) is 1.52. The van der Waals surface area contributed by atoms with E-state index >= 15 is 0 Å². The maximum atomic E-state index is 12.9. The molecule has 0 aromatic heterocycles. The van der Waals surface area contributed by atoms with Crippen molar-refractivity contribution in [2.75, 3.05) is 26.9 Å². The molecule has 23 atom stereocenters. The average Bonchev–Trinajstić information content (AvgIpc) is 3.76. The Labute approximate surface area is 366 Å². The zero-order chi connectivity index (χ0) is 45.3. The molecule has 0 spiro atoms. The Morgan fingerprint density at radius 3 is 2.19 bits per heavy atom. The van der Waals surface area contributed by atoms with Crippen LogP contribution in [0.5, 0.6) is 0 Å². The molecule has 19 nitrogen and oxygen atoms in total. The summed E-state index contributed by atoms with van der Waals surface area (Å²) >= 11 is 0. The van der Waals surface area contributed by atoms with E-state index in [1.165, 1.54) is 20.1 Å². The number of carbonyl (C=O) groups excluding carboxylic acids is 2. The summed E-state index contributed by atoms with van der Waals surface area (Å²) in [4.78, 5) is 24.5. The van der Waals surface area contributed by atoms with Gasteiger partial charge in [-0.05, 0) is 80.6 Å². The van der Waals surface area contributed by atoms with Crippen molar-refractivity contribution in [3.63, 3.8) is 0 Å². The smallest absolute Gasteiger partial charge is 0.331 e. The summed E-state index contributed by atoms with van der Waals surface area (Å²) < 4.78 is 53.1. The van der Waals surface area contributed by atoms with Crippen LogP contribution < -0.4 is 0 Å². The van der Waals surface area contributed by atoms with Gasteiger partial charge in [0.2, 0.25) is 0 Å². The molecule has 0 amide bonds. The van der Waals surface area contributed by atoms with Crippen LogP contribution in [0, 0.1) is 34.5 Å². The lowest BCUT2D eigenvalue weighted by Gasteiger charge is -2.63. The molecule has 19 heteroatoms. The third kappa shape index (κ3) is 8.43. The number of aliphatic hydroxyl groups excluding tert-OH is 7. The molecule has 3 saturated heterocycles. The Hall–Kier alpha value is -1.92. The van der Waals surface area contributed by atoms with E-state index in [1.807, 2.05) is 0 Å². The number of hydrogen-bond donors (Lipinski definition) is 8. The van der Waals surface area contributed by atoms with Gasteiger partial charge in [0.1, 0.15) is 67.6 Å². The first kappa shape index (κ1) is 47.6. The van der Waals surface area contributed by atoms with Crippen LogP contribution in [0.2, 0.25) is 0 Å². The van der Waals surface area contributed by atoms with E-state index in [2.05, 4.69) is 13.8 Å². The van der Waals surface area contributed by atoms with Crippen LogP contribution in [0.15, 0.2) is 11.6 Å². The van der Waals surface area contributed by atoms with Crippen LogP contribution in [0.4, 0.5) is 0 Å². The van der Waals surface area contributed by atoms with Crippen LogP contribution in [-0.2, 0) is 52.2 Å². The lowest BCUT2D eigenvalue weighted by atomic mass is 9.43. The van der Waals surface area contributed by atoms with Crippen LogP contribution in [0.3, 0.4) is 0 Å². The summed E-state index contributed by atoms with van der Waals surface area (Å²) in [5.74, 6) is -0.528. The molecule has 0 bridgehead atoms. The highest BCUT2D eigenvalue weighted by Crippen LogP contribution is 2.70. The number of esters is 2. The Bertz CT molecular complexity index is 1680. The minimum Gasteiger partial charge on any atom is -0.462 e. The van der Waals surface area contributed by atoms with Gasteiger partial charge < -0.3 is 83.5 Å². The Morgan fingerprint density at radius 1 is 0.825 bits per heavy atom. The summed E-state index contributed by atoms with van der Waals surface area (Å²) in [6, 6.07) is 0. The van der Waals surface area contributed by atoms with Crippen molar-refractivity contribution in [1.82, 2.24) is 0 Å². The SMILES string of the molecule is CO[C@H]1C[C@@H](O[C@H]2CC[C@]3(C)[C@@H](CC[C@H]4[C@H]3CC[C@@]3(C)[C@H](C5=CC(=O)OC5)[C@H](OC(C)=O)C[C@]43O)C2)O[C@H](C)[C@@H]1O[C@H]1O[C@@H](CO[C@@H]2O[C@H](CO)[C@H](O)[C@H](O)[C@@H]2O)[C@H](O)[C@@H](O)[C@@H]1O. The van der Waals surface area contributed by atoms with Gasteiger partial charge in [-0.3, -0.25) is 4.79 Å². The molecule has 63 heavy (non-hydrogen) atoms. The number of carbonyl (C=O) groups is 2. The first-order valence-corrected chi connectivity index (χ1v) is 22.7. The molecular weight excluding hydrogens is 832 g/mol. The average molecular weight is 901 g/mol. The molecule has 0 radical (unpaired) electrons. The molecule has 7 fully saturated rings. The van der Waals surface area contributed by atoms with E-state index in [9.17, 15) is 50.4 Å². The molecule has 0 unspecified atom stereocenters. The van der Waals surface area contributed by atoms with Crippen molar-refractivity contribution >= 4 is 11.9 Å². The Kier molecular flexibility index (Phi) is 13.8. The standard InChI is InChI=1S/C44H68O19/c1-19-39(63-41-38(53)36(51)34(49)29(62-41)18-57-40-37(52)35(50)33(48)28(16-45)61-40)26(55-5)14-31(58-19)60-23-8-10-42(3)22(13-23)6-7-25-24(42)9-11-43(4)32(21-12-30(47)56-17-21)27(59-20(2)46)15-44(25,43)54/h12,19,22-29,31-41,45,48-54H,6-11,13-18H2,1-5H3/t19-,22+,23+,24-,25+,26+,27-,28-,29+,31-,32-,33+,34+,35+,36-,37+,38+,39+,40-,41-,42-,43+,44+/m1/s1. The molecule has 358 valence electrons. The Balaban J connectivity index is 0.874. The summed E-state index contributed by atoms with van der Waals surface area (Å²) in [5, 5.41) is 85.4. The minimum atomic E-state index is -1.72. The van der Waals surface area contributed by atoms with Crippen molar-refractivity contribution in [2.45, 2.75) is 189 Å². The van der Waals surface area contributed by atoms with Crippen molar-refractivity contribution in [3.05, 3.63) is 11.6 Å². The number of ether oxygens (including phenoxy) is 9. The highest BCUT2D eigenvalue weighted by atomic mass is 16.8. The first-order valence-electron chi connectivity index (χ1n) is 22.7. The lowest BCUT2D eigenvalue weighted by Crippen LogP contribution is -2.63. The van der Waals surface area contributed by atoms with Crippen LogP contribution in [-0.4, -0.2) is 184 Å². The third-order valence-electron chi connectivity index (χ3n) is 16.7. The number of cyclic esters (lactones) is 1. The van der Waals surface area contributed by atoms with Gasteiger partial charge in [0.05, 0.1) is 37.1 Å². The van der Waals surface area contributed by atoms with Gasteiger partial charge in [-0.1, -0.05) is 13.8 Å². The first-order chi connectivity index (χ1) is 29.8. The molecule has 8 N–H and O–H groups in total. The van der Waals surface area contributed by atoms with Crippen LogP contribution >= 0.6 is 0 Å². The molecular formula is C44H68O19. The zero-order valence-corrected chi connectivity index (χ0v) is 36.7. The van der Waals surface area contributed by atoms with E-state index < -0.39 is 128 Å². The summed E-state index contributed by atoms with van der Waals surface area (Å²) in [5.41, 5.74) is -0.944. The largest absolute Gasteiger partial charge is 0.462 e. The maximum absolute atomic E-state index is 12.9. The molecule has 4 aliphatic carbocycles. The maximum Gasteiger partial charge on any atom is 0.331 e. The van der Waals surface area contributed by atoms with E-state index in [0.717, 1.165) is 50.5 Å². The minimum absolute atomic E-state index is 0.000125. The second-order valence-electron chi connectivity index (χ2n) is 20.0. The fraction of sp³-hybridized carbons (Fsp3) is 0.909. The Morgan fingerprint density at radius 2 is 1.52 bits per heavy atom. The van der Waals surface area contributed by atoms with Crippen molar-refractivity contribution in [2.24, 2.45) is 34.5 Å². The van der Waals surface area contributed by atoms with E-state index in [0.29, 0.717) is 12.3 Å². The fourth-order valence-electron chi connectivity index (χ4n) is 13.3. The van der Waals surface area contributed by atoms with Gasteiger partial charge in [0, 0.05) is 44.3 Å².